The Hall–Kier alpha value is -2.62. The molecule has 4 nitrogen and oxygen atoms in total. The van der Waals surface area contributed by atoms with Crippen LogP contribution in [0.15, 0.2) is 54.6 Å². The number of aromatic amines is 1. The quantitative estimate of drug-likeness (QED) is 0.582. The molecule has 1 heterocycles. The average molecular weight is 280 g/mol. The topological polar surface area (TPSA) is 58.9 Å². The molecule has 1 N–H and O–H groups in total. The Labute approximate surface area is 122 Å². The summed E-state index contributed by atoms with van der Waals surface area (Å²) < 4.78 is 0. The van der Waals surface area contributed by atoms with E-state index in [0.29, 0.717) is 0 Å². The molecule has 1 atom stereocenters. The molecule has 3 aromatic rings. The molecule has 0 bridgehead atoms. The van der Waals surface area contributed by atoms with Gasteiger partial charge in [0.05, 0.1) is 5.92 Å². The van der Waals surface area contributed by atoms with Gasteiger partial charge >= 0.3 is 0 Å². The molecule has 0 radical (unpaired) electrons. The Balaban J connectivity index is 2.19. The number of H-pyrrole nitrogens is 1. The Morgan fingerprint density at radius 1 is 1.10 bits per heavy atom. The van der Waals surface area contributed by atoms with Crippen molar-refractivity contribution < 1.29 is 4.92 Å². The van der Waals surface area contributed by atoms with Gasteiger partial charge in [0.1, 0.15) is 0 Å². The molecule has 21 heavy (non-hydrogen) atoms. The van der Waals surface area contributed by atoms with E-state index in [1.54, 1.807) is 0 Å². The maximum absolute atomic E-state index is 11.1. The van der Waals surface area contributed by atoms with E-state index >= 15 is 0 Å². The fraction of sp³-hybridized carbons (Fsp3) is 0.176. The molecule has 0 spiro atoms. The molecule has 4 heteroatoms. The highest BCUT2D eigenvalue weighted by molar-refractivity contribution is 5.85. The summed E-state index contributed by atoms with van der Waals surface area (Å²) >= 11 is 0. The molecule has 0 aliphatic carbocycles. The second kappa shape index (κ2) is 5.40. The van der Waals surface area contributed by atoms with Crippen molar-refractivity contribution in [3.05, 3.63) is 81.5 Å². The van der Waals surface area contributed by atoms with Crippen LogP contribution in [-0.2, 0) is 0 Å². The highest BCUT2D eigenvalue weighted by Gasteiger charge is 2.25. The lowest BCUT2D eigenvalue weighted by Gasteiger charge is -2.14. The van der Waals surface area contributed by atoms with Crippen LogP contribution in [0.4, 0.5) is 0 Å². The van der Waals surface area contributed by atoms with E-state index in [0.717, 1.165) is 27.7 Å². The van der Waals surface area contributed by atoms with Gasteiger partial charge in [0.2, 0.25) is 6.54 Å². The second-order valence-electron chi connectivity index (χ2n) is 5.19. The van der Waals surface area contributed by atoms with Gasteiger partial charge in [-0.05, 0) is 24.1 Å². The van der Waals surface area contributed by atoms with Crippen molar-refractivity contribution in [2.75, 3.05) is 6.54 Å². The van der Waals surface area contributed by atoms with Crippen LogP contribution in [0, 0.1) is 17.0 Å². The number of hydrogen-bond acceptors (Lipinski definition) is 2. The number of aryl methyl sites for hydroxylation is 1. The molecule has 0 saturated heterocycles. The van der Waals surface area contributed by atoms with Crippen LogP contribution >= 0.6 is 0 Å². The summed E-state index contributed by atoms with van der Waals surface area (Å²) in [4.78, 5) is 14.2. The van der Waals surface area contributed by atoms with E-state index < -0.39 is 0 Å². The van der Waals surface area contributed by atoms with Crippen LogP contribution in [0.2, 0.25) is 0 Å². The summed E-state index contributed by atoms with van der Waals surface area (Å²) in [6.45, 7) is 1.87. The molecule has 0 amide bonds. The first-order valence-electron chi connectivity index (χ1n) is 6.91. The molecule has 0 aliphatic rings. The molecule has 2 aromatic carbocycles. The van der Waals surface area contributed by atoms with Gasteiger partial charge in [0, 0.05) is 21.5 Å². The van der Waals surface area contributed by atoms with E-state index in [4.69, 9.17) is 0 Å². The van der Waals surface area contributed by atoms with Crippen molar-refractivity contribution in [3.8, 4) is 0 Å². The predicted octanol–water partition coefficient (Wildman–Crippen LogP) is 3.88. The summed E-state index contributed by atoms with van der Waals surface area (Å²) in [5, 5.41) is 12.2. The van der Waals surface area contributed by atoms with Gasteiger partial charge in [0.15, 0.2) is 0 Å². The van der Waals surface area contributed by atoms with E-state index in [1.165, 1.54) is 0 Å². The van der Waals surface area contributed by atoms with Crippen LogP contribution < -0.4 is 0 Å². The van der Waals surface area contributed by atoms with E-state index in [9.17, 15) is 10.1 Å². The summed E-state index contributed by atoms with van der Waals surface area (Å²) in [6.07, 6.45) is 0. The van der Waals surface area contributed by atoms with Gasteiger partial charge in [0.25, 0.3) is 0 Å². The van der Waals surface area contributed by atoms with Crippen LogP contribution in [0.3, 0.4) is 0 Å². The number of benzene rings is 2. The first-order chi connectivity index (χ1) is 10.2. The lowest BCUT2D eigenvalue weighted by Crippen LogP contribution is -2.14. The monoisotopic (exact) mass is 280 g/mol. The number of para-hydroxylation sites is 1. The zero-order valence-electron chi connectivity index (χ0n) is 11.7. The largest absolute Gasteiger partial charge is 0.358 e. The average Bonchev–Trinajstić information content (AvgIpc) is 2.81. The number of fused-ring (bicyclic) bond motifs is 1. The molecular weight excluding hydrogens is 264 g/mol. The molecule has 0 fully saturated rings. The minimum absolute atomic E-state index is 0.104. The van der Waals surface area contributed by atoms with Gasteiger partial charge in [-0.3, -0.25) is 10.1 Å². The molecule has 1 aromatic heterocycles. The van der Waals surface area contributed by atoms with Crippen LogP contribution in [0.1, 0.15) is 22.7 Å². The van der Waals surface area contributed by atoms with E-state index in [1.807, 2.05) is 61.5 Å². The summed E-state index contributed by atoms with van der Waals surface area (Å²) in [6, 6.07) is 17.6. The third kappa shape index (κ3) is 2.52. The highest BCUT2D eigenvalue weighted by Crippen LogP contribution is 2.33. The van der Waals surface area contributed by atoms with Gasteiger partial charge in [-0.1, -0.05) is 48.5 Å². The number of rotatable bonds is 4. The van der Waals surface area contributed by atoms with E-state index in [2.05, 4.69) is 4.98 Å². The van der Waals surface area contributed by atoms with Gasteiger partial charge in [-0.15, -0.1) is 0 Å². The van der Waals surface area contributed by atoms with Crippen molar-refractivity contribution >= 4 is 10.9 Å². The van der Waals surface area contributed by atoms with Crippen molar-refractivity contribution in [3.63, 3.8) is 0 Å². The van der Waals surface area contributed by atoms with E-state index in [-0.39, 0.29) is 17.4 Å². The highest BCUT2D eigenvalue weighted by atomic mass is 16.6. The Kier molecular flexibility index (Phi) is 3.44. The molecular formula is C17H16N2O2. The zero-order valence-corrected chi connectivity index (χ0v) is 11.7. The van der Waals surface area contributed by atoms with Gasteiger partial charge < -0.3 is 4.98 Å². The first-order valence-corrected chi connectivity index (χ1v) is 6.91. The van der Waals surface area contributed by atoms with Crippen LogP contribution in [0.5, 0.6) is 0 Å². The minimum atomic E-state index is -0.239. The maximum Gasteiger partial charge on any atom is 0.214 e. The van der Waals surface area contributed by atoms with Crippen molar-refractivity contribution in [2.45, 2.75) is 12.8 Å². The maximum atomic E-state index is 11.1. The predicted molar refractivity (Wildman–Crippen MR) is 83.2 cm³/mol. The van der Waals surface area contributed by atoms with Crippen LogP contribution in [-0.4, -0.2) is 16.5 Å². The third-order valence-electron chi connectivity index (χ3n) is 3.83. The van der Waals surface area contributed by atoms with Gasteiger partial charge in [-0.2, -0.15) is 0 Å². The van der Waals surface area contributed by atoms with Gasteiger partial charge in [-0.25, -0.2) is 0 Å². The lowest BCUT2D eigenvalue weighted by atomic mass is 9.89. The fourth-order valence-electron chi connectivity index (χ4n) is 2.95. The molecule has 0 saturated carbocycles. The SMILES string of the molecule is Cc1[nH]c2ccccc2c1[C@@H](C[N+](=O)[O-])c1ccccc1. The minimum Gasteiger partial charge on any atom is -0.358 e. The normalized spacial score (nSPS) is 12.4. The summed E-state index contributed by atoms with van der Waals surface area (Å²) in [5.74, 6) is -0.239. The zero-order chi connectivity index (χ0) is 14.8. The number of nitrogens with zero attached hydrogens (tertiary/aromatic N) is 1. The fourth-order valence-corrected chi connectivity index (χ4v) is 2.95. The standard InChI is InChI=1S/C17H16N2O2/c1-12-17(14-9-5-6-10-16(14)18-12)15(11-19(20)21)13-7-3-2-4-8-13/h2-10,15,18H,11H2,1H3/t15-/m0/s1. The molecule has 0 aliphatic heterocycles. The first kappa shape index (κ1) is 13.4. The van der Waals surface area contributed by atoms with Crippen molar-refractivity contribution in [2.24, 2.45) is 0 Å². The molecule has 106 valence electrons. The number of aromatic nitrogens is 1. The smallest absolute Gasteiger partial charge is 0.214 e. The number of nitro groups is 1. The summed E-state index contributed by atoms with van der Waals surface area (Å²) in [5.41, 5.74) is 4.01. The Bertz CT molecular complexity index is 778. The van der Waals surface area contributed by atoms with Crippen molar-refractivity contribution in [1.29, 1.82) is 0 Å². The summed E-state index contributed by atoms with van der Waals surface area (Å²) in [7, 11) is 0. The number of nitrogens with one attached hydrogen (secondary N) is 1. The van der Waals surface area contributed by atoms with Crippen molar-refractivity contribution in [1.82, 2.24) is 4.98 Å². The Morgan fingerprint density at radius 3 is 2.48 bits per heavy atom. The third-order valence-corrected chi connectivity index (χ3v) is 3.83. The Morgan fingerprint density at radius 2 is 1.76 bits per heavy atom. The number of hydrogen-bond donors (Lipinski definition) is 1. The molecule has 0 unspecified atom stereocenters. The second-order valence-corrected chi connectivity index (χ2v) is 5.19. The molecule has 3 rings (SSSR count). The lowest BCUT2D eigenvalue weighted by molar-refractivity contribution is -0.481. The van der Waals surface area contributed by atoms with Crippen LogP contribution in [0.25, 0.3) is 10.9 Å².